The van der Waals surface area contributed by atoms with Crippen LogP contribution in [0.1, 0.15) is 30.9 Å². The van der Waals surface area contributed by atoms with E-state index in [1.54, 1.807) is 4.90 Å². The smallest absolute Gasteiger partial charge is 0.271 e. The molecule has 1 fully saturated rings. The number of amides is 1. The van der Waals surface area contributed by atoms with Gasteiger partial charge in [-0.15, -0.1) is 0 Å². The number of halogens is 1. The summed E-state index contributed by atoms with van der Waals surface area (Å²) < 4.78 is 5.31. The summed E-state index contributed by atoms with van der Waals surface area (Å²) in [6, 6.07) is 9.14. The topological polar surface area (TPSA) is 109 Å². The molecule has 0 aliphatic carbocycles. The quantitative estimate of drug-likeness (QED) is 0.434. The first-order valence-electron chi connectivity index (χ1n) is 10.1. The summed E-state index contributed by atoms with van der Waals surface area (Å²) in [6.45, 7) is 4.33. The number of ether oxygens (including phenoxy) is 1. The predicted molar refractivity (Wildman–Crippen MR) is 122 cm³/mol. The van der Waals surface area contributed by atoms with E-state index in [9.17, 15) is 19.5 Å². The van der Waals surface area contributed by atoms with E-state index in [4.69, 9.17) is 16.3 Å². The highest BCUT2D eigenvalue weighted by Gasteiger charge is 2.53. The normalized spacial score (nSPS) is 15.0. The maximum atomic E-state index is 13.7. The summed E-state index contributed by atoms with van der Waals surface area (Å²) in [5.41, 5.74) is -0.512. The third kappa shape index (κ3) is 3.31. The zero-order chi connectivity index (χ0) is 23.2. The highest BCUT2D eigenvalue weighted by molar-refractivity contribution is 6.29. The van der Waals surface area contributed by atoms with Crippen molar-refractivity contribution in [1.29, 1.82) is 0 Å². The molecular weight excluding hydrogens is 434 g/mol. The van der Waals surface area contributed by atoms with Crippen molar-refractivity contribution in [2.45, 2.75) is 25.2 Å². The summed E-state index contributed by atoms with van der Waals surface area (Å²) in [6.07, 6.45) is 1.42. The van der Waals surface area contributed by atoms with Gasteiger partial charge in [-0.05, 0) is 17.0 Å². The van der Waals surface area contributed by atoms with Gasteiger partial charge < -0.3 is 20.1 Å². The van der Waals surface area contributed by atoms with E-state index in [0.29, 0.717) is 11.4 Å². The van der Waals surface area contributed by atoms with Gasteiger partial charge in [0.05, 0.1) is 13.3 Å². The lowest BCUT2D eigenvalue weighted by molar-refractivity contribution is -0.122. The van der Waals surface area contributed by atoms with Gasteiger partial charge in [0, 0.05) is 19.2 Å². The summed E-state index contributed by atoms with van der Waals surface area (Å²) in [7, 11) is 1.46. The molecule has 1 aliphatic rings. The van der Waals surface area contributed by atoms with Crippen molar-refractivity contribution in [3.05, 3.63) is 73.3 Å². The van der Waals surface area contributed by atoms with Crippen LogP contribution < -0.4 is 25.8 Å². The van der Waals surface area contributed by atoms with E-state index >= 15 is 0 Å². The third-order valence-electron chi connectivity index (χ3n) is 5.93. The fraction of sp³-hybridized carbons (Fsp3) is 0.304. The minimum absolute atomic E-state index is 0.0359. The number of carbonyl (C=O) groups excluding carboxylic acids is 1. The molecule has 1 amide bonds. The van der Waals surface area contributed by atoms with Gasteiger partial charge in [0.25, 0.3) is 10.9 Å². The van der Waals surface area contributed by atoms with Crippen LogP contribution >= 0.6 is 11.6 Å². The first kappa shape index (κ1) is 21.8. The number of nitrogens with zero attached hydrogens (tertiary/aromatic N) is 2. The van der Waals surface area contributed by atoms with Crippen LogP contribution in [0.5, 0.6) is 11.5 Å². The van der Waals surface area contributed by atoms with Crippen molar-refractivity contribution in [2.75, 3.05) is 30.4 Å². The Balaban J connectivity index is 1.74. The van der Waals surface area contributed by atoms with E-state index in [0.717, 1.165) is 11.1 Å². The Bertz CT molecular complexity index is 1270. The minimum atomic E-state index is -1.02. The largest absolute Gasteiger partial charge is 0.502 e. The van der Waals surface area contributed by atoms with Crippen LogP contribution in [0.4, 0.5) is 11.4 Å². The lowest BCUT2D eigenvalue weighted by atomic mass is 9.69. The van der Waals surface area contributed by atoms with Gasteiger partial charge in [-0.1, -0.05) is 49.7 Å². The molecule has 2 aromatic carbocycles. The van der Waals surface area contributed by atoms with Gasteiger partial charge in [-0.25, -0.2) is 4.98 Å². The maximum Gasteiger partial charge on any atom is 0.271 e. The number of rotatable bonds is 6. The average Bonchev–Trinajstić information content (AvgIpc) is 2.76. The standard InChI is InChI=1S/C23H22ClN3O5/c1-12(2)13-6-4-5-7-14(13)23(10-27(11-23)18-19(28)21(30)20(18)29)22(31)26-15-9-25-17(24)8-16(15)32-3/h4-9,12,28H,10-11H2,1-3H3,(H,26,31). The van der Waals surface area contributed by atoms with Gasteiger partial charge in [0.2, 0.25) is 5.91 Å². The Labute approximate surface area is 189 Å². The average molecular weight is 456 g/mol. The molecule has 1 aromatic heterocycles. The van der Waals surface area contributed by atoms with E-state index in [1.807, 2.05) is 38.1 Å². The molecule has 4 rings (SSSR count). The lowest BCUT2D eigenvalue weighted by Gasteiger charge is -2.51. The third-order valence-corrected chi connectivity index (χ3v) is 6.14. The Hall–Kier alpha value is -3.39. The van der Waals surface area contributed by atoms with Gasteiger partial charge in [-0.2, -0.15) is 0 Å². The van der Waals surface area contributed by atoms with Crippen LogP contribution in [0.3, 0.4) is 0 Å². The van der Waals surface area contributed by atoms with Crippen LogP contribution in [0, 0.1) is 0 Å². The summed E-state index contributed by atoms with van der Waals surface area (Å²) in [5, 5.41) is 13.0. The van der Waals surface area contributed by atoms with Gasteiger partial charge >= 0.3 is 0 Å². The van der Waals surface area contributed by atoms with E-state index in [-0.39, 0.29) is 35.8 Å². The van der Waals surface area contributed by atoms with Crippen LogP contribution in [0.15, 0.2) is 46.1 Å². The Morgan fingerprint density at radius 3 is 2.56 bits per heavy atom. The zero-order valence-corrected chi connectivity index (χ0v) is 18.6. The number of hydrogen-bond donors (Lipinski definition) is 2. The number of aromatic nitrogens is 1. The van der Waals surface area contributed by atoms with Crippen molar-refractivity contribution < 1.29 is 14.6 Å². The fourth-order valence-corrected chi connectivity index (χ4v) is 4.36. The van der Waals surface area contributed by atoms with Gasteiger partial charge in [0.1, 0.15) is 27.7 Å². The number of aromatic hydroxyl groups is 1. The van der Waals surface area contributed by atoms with Crippen molar-refractivity contribution in [1.82, 2.24) is 4.98 Å². The number of pyridine rings is 1. The second-order valence-corrected chi connectivity index (χ2v) is 8.58. The van der Waals surface area contributed by atoms with E-state index in [1.165, 1.54) is 19.4 Å². The summed E-state index contributed by atoms with van der Waals surface area (Å²) in [5.74, 6) is -0.356. The number of methoxy groups -OCH3 is 1. The summed E-state index contributed by atoms with van der Waals surface area (Å²) >= 11 is 5.93. The molecule has 1 saturated heterocycles. The molecule has 0 spiro atoms. The molecule has 32 heavy (non-hydrogen) atoms. The molecule has 166 valence electrons. The van der Waals surface area contributed by atoms with Gasteiger partial charge in [0.15, 0.2) is 5.75 Å². The molecule has 0 atom stereocenters. The SMILES string of the molecule is COc1cc(Cl)ncc1NC(=O)C1(c2ccccc2C(C)C)CN(c2c(O)c(=O)c2=O)C1. The number of nitrogens with one attached hydrogen (secondary N) is 1. The van der Waals surface area contributed by atoms with Crippen LogP contribution in [0.25, 0.3) is 0 Å². The van der Waals surface area contributed by atoms with Crippen molar-refractivity contribution >= 4 is 28.9 Å². The Kier molecular flexibility index (Phi) is 5.42. The molecule has 8 nitrogen and oxygen atoms in total. The molecule has 0 bridgehead atoms. The maximum absolute atomic E-state index is 13.7. The van der Waals surface area contributed by atoms with E-state index in [2.05, 4.69) is 10.3 Å². The number of hydrogen-bond acceptors (Lipinski definition) is 7. The van der Waals surface area contributed by atoms with Crippen molar-refractivity contribution in [3.8, 4) is 11.5 Å². The molecule has 0 unspecified atom stereocenters. The monoisotopic (exact) mass is 455 g/mol. The van der Waals surface area contributed by atoms with Crippen LogP contribution in [-0.2, 0) is 10.2 Å². The first-order chi connectivity index (χ1) is 15.2. The van der Waals surface area contributed by atoms with Gasteiger partial charge in [-0.3, -0.25) is 14.4 Å². The van der Waals surface area contributed by atoms with Crippen molar-refractivity contribution in [3.63, 3.8) is 0 Å². The molecule has 1 aliphatic heterocycles. The number of benzene rings is 1. The minimum Gasteiger partial charge on any atom is -0.502 e. The van der Waals surface area contributed by atoms with Crippen LogP contribution in [0.2, 0.25) is 5.15 Å². The molecule has 9 heteroatoms. The first-order valence-corrected chi connectivity index (χ1v) is 10.4. The highest BCUT2D eigenvalue weighted by atomic mass is 35.5. The molecule has 0 radical (unpaired) electrons. The molecular formula is C23H22ClN3O5. The fourth-order valence-electron chi connectivity index (χ4n) is 4.21. The second-order valence-electron chi connectivity index (χ2n) is 8.20. The molecule has 0 saturated carbocycles. The van der Waals surface area contributed by atoms with Crippen molar-refractivity contribution in [2.24, 2.45) is 0 Å². The molecule has 2 N–H and O–H groups in total. The zero-order valence-electron chi connectivity index (χ0n) is 17.8. The van der Waals surface area contributed by atoms with E-state index < -0.39 is 22.0 Å². The van der Waals surface area contributed by atoms with Crippen LogP contribution in [-0.4, -0.2) is 36.2 Å². The number of carbonyl (C=O) groups is 1. The lowest BCUT2D eigenvalue weighted by Crippen LogP contribution is -2.67. The Morgan fingerprint density at radius 2 is 1.94 bits per heavy atom. The summed E-state index contributed by atoms with van der Waals surface area (Å²) in [4.78, 5) is 42.7. The second kappa shape index (κ2) is 7.94. The molecule has 3 aromatic rings. The Morgan fingerprint density at radius 1 is 1.25 bits per heavy atom. The molecule has 2 heterocycles. The predicted octanol–water partition coefficient (Wildman–Crippen LogP) is 2.57. The highest BCUT2D eigenvalue weighted by Crippen LogP contribution is 2.43. The number of anilines is 2.